The molecule has 3 saturated heterocycles. The van der Waals surface area contributed by atoms with Gasteiger partial charge in [-0.2, -0.15) is 0 Å². The monoisotopic (exact) mass is 840 g/mol. The number of carboxylic acid groups (broad SMARTS) is 1. The molecule has 2 aromatic heterocycles. The minimum absolute atomic E-state index is 0.0350. The lowest BCUT2D eigenvalue weighted by Crippen LogP contribution is -2.55. The summed E-state index contributed by atoms with van der Waals surface area (Å²) in [6, 6.07) is 19.2. The summed E-state index contributed by atoms with van der Waals surface area (Å²) in [5, 5.41) is 18.8. The Bertz CT molecular complexity index is 2740. The molecular formula is C47H52N8O7. The van der Waals surface area contributed by atoms with Crippen molar-refractivity contribution in [1.82, 2.24) is 40.4 Å². The molecule has 1 aliphatic carbocycles. The van der Waals surface area contributed by atoms with E-state index in [2.05, 4.69) is 75.2 Å². The Labute approximate surface area is 357 Å². The second-order valence-electron chi connectivity index (χ2n) is 17.9. The van der Waals surface area contributed by atoms with Crippen LogP contribution in [-0.4, -0.2) is 104 Å². The van der Waals surface area contributed by atoms with Crippen molar-refractivity contribution < 1.29 is 33.8 Å². The second kappa shape index (κ2) is 15.9. The number of H-pyrrole nitrogens is 2. The molecule has 5 N–H and O–H groups in total. The molecule has 0 radical (unpaired) electrons. The highest BCUT2D eigenvalue weighted by molar-refractivity contribution is 6.07. The van der Waals surface area contributed by atoms with E-state index in [1.54, 1.807) is 4.90 Å². The lowest BCUT2D eigenvalue weighted by atomic mass is 9.89. The van der Waals surface area contributed by atoms with Gasteiger partial charge < -0.3 is 45.0 Å². The van der Waals surface area contributed by atoms with Crippen LogP contribution in [0.5, 0.6) is 0 Å². The molecule has 6 atom stereocenters. The molecular weight excluding hydrogens is 789 g/mol. The zero-order chi connectivity index (χ0) is 42.8. The maximum absolute atomic E-state index is 14.5. The van der Waals surface area contributed by atoms with Gasteiger partial charge in [-0.15, -0.1) is 0 Å². The Kier molecular flexibility index (Phi) is 10.2. The predicted molar refractivity (Wildman–Crippen MR) is 233 cm³/mol. The highest BCUT2D eigenvalue weighted by atomic mass is 16.5. The van der Waals surface area contributed by atoms with Gasteiger partial charge in [-0.1, -0.05) is 50.2 Å². The fourth-order valence-corrected chi connectivity index (χ4v) is 10.9. The van der Waals surface area contributed by atoms with Gasteiger partial charge in [-0.3, -0.25) is 9.59 Å². The maximum atomic E-state index is 14.5. The van der Waals surface area contributed by atoms with E-state index >= 15 is 0 Å². The number of hydrogen-bond acceptors (Lipinski definition) is 8. The predicted octanol–water partition coefficient (Wildman–Crippen LogP) is 7.57. The van der Waals surface area contributed by atoms with Gasteiger partial charge in [-0.05, 0) is 109 Å². The van der Waals surface area contributed by atoms with E-state index in [9.17, 15) is 24.3 Å². The molecule has 0 spiro atoms. The van der Waals surface area contributed by atoms with Gasteiger partial charge in [0.2, 0.25) is 11.8 Å². The number of piperidine rings is 1. The number of nitrogens with one attached hydrogen (secondary N) is 4. The molecule has 1 saturated carbocycles. The molecule has 4 aliphatic rings. The van der Waals surface area contributed by atoms with Crippen LogP contribution in [0.3, 0.4) is 0 Å². The summed E-state index contributed by atoms with van der Waals surface area (Å²) in [5.74, 6) is 1.24. The fourth-order valence-electron chi connectivity index (χ4n) is 10.9. The van der Waals surface area contributed by atoms with Gasteiger partial charge >= 0.3 is 12.2 Å². The number of alkyl carbamates (subject to hydrolysis) is 1. The van der Waals surface area contributed by atoms with Crippen LogP contribution >= 0.6 is 0 Å². The molecule has 4 amide bonds. The SMILES string of the molecule is COC(=O)N[C@H](C(=O)N1[C@@H]2CC[C@@H](C2)[C@H]1c1nc2c(ccc3cc(-c4ccc5c(ccc6[nH]c([C@@H]7CCCN7C(=O)[C@@H](NC(=O)O)C(C)C)nc65)c4)ccc32)[nH]1)C1CCOCC1. The topological polar surface area (TPSA) is 195 Å². The lowest BCUT2D eigenvalue weighted by Gasteiger charge is -2.39. The quantitative estimate of drug-likeness (QED) is 0.0976. The number of nitrogens with zero attached hydrogens (tertiary/aromatic N) is 4. The Morgan fingerprint density at radius 2 is 1.45 bits per heavy atom. The van der Waals surface area contributed by atoms with Gasteiger partial charge in [-0.25, -0.2) is 19.6 Å². The van der Waals surface area contributed by atoms with Crippen molar-refractivity contribution >= 4 is 67.6 Å². The van der Waals surface area contributed by atoms with E-state index in [4.69, 9.17) is 19.4 Å². The molecule has 5 heterocycles. The minimum atomic E-state index is -1.21. The summed E-state index contributed by atoms with van der Waals surface area (Å²) in [5.41, 5.74) is 5.62. The van der Waals surface area contributed by atoms with E-state index in [0.717, 1.165) is 92.7 Å². The van der Waals surface area contributed by atoms with Gasteiger partial charge in [0.15, 0.2) is 0 Å². The Hall–Kier alpha value is -6.22. The van der Waals surface area contributed by atoms with Crippen molar-refractivity contribution in [2.45, 2.75) is 89.0 Å². The normalized spacial score (nSPS) is 22.6. The first-order valence-electron chi connectivity index (χ1n) is 22.0. The summed E-state index contributed by atoms with van der Waals surface area (Å²) in [6.45, 7) is 5.35. The van der Waals surface area contributed by atoms with Crippen molar-refractivity contribution in [1.29, 1.82) is 0 Å². The number of methoxy groups -OCH3 is 1. The van der Waals surface area contributed by atoms with Gasteiger partial charge in [0, 0.05) is 36.6 Å². The molecule has 2 bridgehead atoms. The molecule has 15 nitrogen and oxygen atoms in total. The van der Waals surface area contributed by atoms with Crippen molar-refractivity contribution in [3.8, 4) is 11.1 Å². The number of aromatic nitrogens is 4. The zero-order valence-electron chi connectivity index (χ0n) is 35.1. The summed E-state index contributed by atoms with van der Waals surface area (Å²) in [4.78, 5) is 73.2. The number of rotatable bonds is 9. The molecule has 3 aliphatic heterocycles. The highest BCUT2D eigenvalue weighted by Gasteiger charge is 2.52. The Balaban J connectivity index is 0.923. The summed E-state index contributed by atoms with van der Waals surface area (Å²) < 4.78 is 10.5. The number of benzene rings is 4. The first kappa shape index (κ1) is 39.9. The average molecular weight is 841 g/mol. The number of aromatic amines is 2. The van der Waals surface area contributed by atoms with Gasteiger partial charge in [0.25, 0.3) is 0 Å². The molecule has 6 aromatic rings. The number of imidazole rings is 2. The van der Waals surface area contributed by atoms with Crippen LogP contribution in [0.1, 0.15) is 82.5 Å². The third-order valence-electron chi connectivity index (χ3n) is 14.0. The molecule has 15 heteroatoms. The maximum Gasteiger partial charge on any atom is 0.407 e. The van der Waals surface area contributed by atoms with Crippen molar-refractivity contribution in [3.05, 3.63) is 72.3 Å². The van der Waals surface area contributed by atoms with Crippen molar-refractivity contribution in [3.63, 3.8) is 0 Å². The molecule has 322 valence electrons. The molecule has 62 heavy (non-hydrogen) atoms. The number of amides is 4. The van der Waals surface area contributed by atoms with Crippen LogP contribution in [0.2, 0.25) is 0 Å². The molecule has 4 aromatic carbocycles. The molecule has 0 unspecified atom stereocenters. The van der Waals surface area contributed by atoms with Gasteiger partial charge in [0.1, 0.15) is 23.7 Å². The number of likely N-dealkylation sites (tertiary alicyclic amines) is 2. The number of fused-ring (bicyclic) bond motifs is 8. The fraction of sp³-hybridized carbons (Fsp3) is 0.447. The van der Waals surface area contributed by atoms with Crippen LogP contribution in [0.15, 0.2) is 60.7 Å². The standard InChI is InChI=1S/C47H52N8O7/c1-24(2)37(52-46(58)59)44(56)54-18-4-5-36(54)42-48-34-14-9-28-21-26(7-12-32(28)39(34)50-42)27-8-13-33-29(22-27)10-15-35-40(33)51-43(49-35)41-30-6-11-31(23-30)55(41)45(57)38(53-47(60)61-3)25-16-19-62-20-17-25/h7-10,12-15,21-22,24-25,30-31,36-38,41,52H,4-6,11,16-20,23H2,1-3H3,(H,48,50)(H,49,51)(H,53,60)(H,58,59)/t30-,31+,36-,37-,38-,41-/m0/s1. The van der Waals surface area contributed by atoms with E-state index in [0.29, 0.717) is 38.4 Å². The summed E-state index contributed by atoms with van der Waals surface area (Å²) >= 11 is 0. The number of hydrogen-bond donors (Lipinski definition) is 5. The second-order valence-corrected chi connectivity index (χ2v) is 17.9. The van der Waals surface area contributed by atoms with Crippen molar-refractivity contribution in [2.24, 2.45) is 17.8 Å². The number of ether oxygens (including phenoxy) is 2. The average Bonchev–Trinajstić information content (AvgIpc) is 4.14. The van der Waals surface area contributed by atoms with Crippen molar-refractivity contribution in [2.75, 3.05) is 26.9 Å². The third kappa shape index (κ3) is 6.95. The number of carbonyl (C=O) groups is 4. The Morgan fingerprint density at radius 3 is 2.08 bits per heavy atom. The van der Waals surface area contributed by atoms with Crippen LogP contribution in [-0.2, 0) is 19.1 Å². The Morgan fingerprint density at radius 1 is 0.806 bits per heavy atom. The first-order chi connectivity index (χ1) is 30.1. The van der Waals surface area contributed by atoms with E-state index < -0.39 is 24.3 Å². The summed E-state index contributed by atoms with van der Waals surface area (Å²) in [6.07, 6.45) is 4.01. The van der Waals surface area contributed by atoms with E-state index in [-0.39, 0.29) is 47.7 Å². The van der Waals surface area contributed by atoms with Crippen LogP contribution < -0.4 is 10.6 Å². The van der Waals surface area contributed by atoms with Crippen LogP contribution in [0.4, 0.5) is 9.59 Å². The first-order valence-corrected chi connectivity index (χ1v) is 22.0. The molecule has 4 fully saturated rings. The van der Waals surface area contributed by atoms with E-state index in [1.165, 1.54) is 7.11 Å². The summed E-state index contributed by atoms with van der Waals surface area (Å²) in [7, 11) is 1.33. The lowest BCUT2D eigenvalue weighted by molar-refractivity contribution is -0.140. The third-order valence-corrected chi connectivity index (χ3v) is 14.0. The smallest absolute Gasteiger partial charge is 0.407 e. The van der Waals surface area contributed by atoms with Crippen LogP contribution in [0.25, 0.3) is 54.7 Å². The largest absolute Gasteiger partial charge is 0.465 e. The minimum Gasteiger partial charge on any atom is -0.465 e. The number of carbonyl (C=O) groups excluding carboxylic acids is 3. The zero-order valence-corrected chi connectivity index (χ0v) is 35.1. The van der Waals surface area contributed by atoms with Gasteiger partial charge in [0.05, 0.1) is 41.3 Å². The molecule has 10 rings (SSSR count). The van der Waals surface area contributed by atoms with E-state index in [1.807, 2.05) is 24.8 Å². The van der Waals surface area contributed by atoms with Crippen LogP contribution in [0, 0.1) is 17.8 Å². The highest BCUT2D eigenvalue weighted by Crippen LogP contribution is 2.50.